The Morgan fingerprint density at radius 3 is 2.87 bits per heavy atom. The quantitative estimate of drug-likeness (QED) is 0.492. The minimum Gasteiger partial charge on any atom is -0.618 e. The number of aromatic nitrogens is 1. The standard InChI is InChI=1S/C18H20N2O2S/c1-14-7-2-3-8-15(14)16-9-6-11-19(16)17(21)13-23-18-10-4-5-12-20(18)22/h2-5,7-8,10,12,16H,6,9,11,13H2,1H3/t16-/m0/s1. The minimum absolute atomic E-state index is 0.101. The van der Waals surface area contributed by atoms with E-state index in [0.717, 1.165) is 24.1 Å². The molecule has 1 aliphatic heterocycles. The number of pyridine rings is 1. The van der Waals surface area contributed by atoms with Crippen LogP contribution in [-0.2, 0) is 4.79 Å². The Morgan fingerprint density at radius 2 is 2.09 bits per heavy atom. The highest BCUT2D eigenvalue weighted by Crippen LogP contribution is 2.34. The van der Waals surface area contributed by atoms with E-state index in [0.29, 0.717) is 10.8 Å². The van der Waals surface area contributed by atoms with E-state index < -0.39 is 0 Å². The summed E-state index contributed by atoms with van der Waals surface area (Å²) in [5, 5.41) is 12.2. The predicted molar refractivity (Wildman–Crippen MR) is 91.0 cm³/mol. The molecule has 1 aromatic carbocycles. The van der Waals surface area contributed by atoms with Gasteiger partial charge in [-0.3, -0.25) is 4.79 Å². The zero-order valence-electron chi connectivity index (χ0n) is 13.1. The van der Waals surface area contributed by atoms with Crippen LogP contribution in [0.5, 0.6) is 0 Å². The van der Waals surface area contributed by atoms with Crippen LogP contribution in [0.1, 0.15) is 30.0 Å². The van der Waals surface area contributed by atoms with Crippen LogP contribution in [-0.4, -0.2) is 23.1 Å². The number of carbonyl (C=O) groups is 1. The fourth-order valence-electron chi connectivity index (χ4n) is 3.09. The highest BCUT2D eigenvalue weighted by molar-refractivity contribution is 7.99. The molecule has 1 fully saturated rings. The summed E-state index contributed by atoms with van der Waals surface area (Å²) in [6.07, 6.45) is 3.50. The van der Waals surface area contributed by atoms with Gasteiger partial charge >= 0.3 is 0 Å². The summed E-state index contributed by atoms with van der Waals surface area (Å²) in [5.74, 6) is 0.402. The molecule has 0 radical (unpaired) electrons. The van der Waals surface area contributed by atoms with Gasteiger partial charge in [0.05, 0.1) is 11.8 Å². The second kappa shape index (κ2) is 7.04. The Labute approximate surface area is 140 Å². The number of nitrogens with zero attached hydrogens (tertiary/aromatic N) is 2. The van der Waals surface area contributed by atoms with Crippen molar-refractivity contribution in [2.24, 2.45) is 0 Å². The molecule has 1 atom stereocenters. The number of thioether (sulfide) groups is 1. The first-order chi connectivity index (χ1) is 11.2. The van der Waals surface area contributed by atoms with Gasteiger partial charge in [0.1, 0.15) is 0 Å². The molecule has 2 heterocycles. The molecule has 4 nitrogen and oxygen atoms in total. The highest BCUT2D eigenvalue weighted by atomic mass is 32.2. The Morgan fingerprint density at radius 1 is 1.30 bits per heavy atom. The number of amides is 1. The third kappa shape index (κ3) is 3.50. The van der Waals surface area contributed by atoms with Crippen LogP contribution in [0.4, 0.5) is 0 Å². The molecule has 1 aromatic heterocycles. The average Bonchev–Trinajstić information content (AvgIpc) is 3.04. The number of benzene rings is 1. The van der Waals surface area contributed by atoms with Gasteiger partial charge in [-0.2, -0.15) is 4.73 Å². The van der Waals surface area contributed by atoms with Crippen molar-refractivity contribution in [3.63, 3.8) is 0 Å². The summed E-state index contributed by atoms with van der Waals surface area (Å²) in [4.78, 5) is 14.6. The van der Waals surface area contributed by atoms with Crippen LogP contribution in [0.2, 0.25) is 0 Å². The second-order valence-electron chi connectivity index (χ2n) is 5.76. The largest absolute Gasteiger partial charge is 0.618 e. The van der Waals surface area contributed by atoms with Crippen molar-refractivity contribution in [3.05, 3.63) is 65.0 Å². The Balaban J connectivity index is 1.69. The Bertz CT molecular complexity index is 705. The van der Waals surface area contributed by atoms with Gasteiger partial charge in [-0.05, 0) is 48.7 Å². The van der Waals surface area contributed by atoms with Gasteiger partial charge in [0.25, 0.3) is 5.03 Å². The average molecular weight is 328 g/mol. The minimum atomic E-state index is 0.101. The lowest BCUT2D eigenvalue weighted by molar-refractivity contribution is -0.645. The van der Waals surface area contributed by atoms with E-state index in [9.17, 15) is 10.0 Å². The first-order valence-corrected chi connectivity index (χ1v) is 8.81. The summed E-state index contributed by atoms with van der Waals surface area (Å²) in [6, 6.07) is 13.7. The molecule has 0 unspecified atom stereocenters. The monoisotopic (exact) mass is 328 g/mol. The van der Waals surface area contributed by atoms with Gasteiger partial charge in [0.2, 0.25) is 5.91 Å². The lowest BCUT2D eigenvalue weighted by Crippen LogP contribution is -2.33. The molecular weight excluding hydrogens is 308 g/mol. The predicted octanol–water partition coefficient (Wildman–Crippen LogP) is 3.08. The van der Waals surface area contributed by atoms with Crippen molar-refractivity contribution in [1.29, 1.82) is 0 Å². The fraction of sp³-hybridized carbons (Fsp3) is 0.333. The van der Waals surface area contributed by atoms with Crippen molar-refractivity contribution in [3.8, 4) is 0 Å². The van der Waals surface area contributed by atoms with Gasteiger partial charge < -0.3 is 10.1 Å². The maximum Gasteiger partial charge on any atom is 0.251 e. The van der Waals surface area contributed by atoms with E-state index in [4.69, 9.17) is 0 Å². The Kier molecular flexibility index (Phi) is 4.86. The third-order valence-electron chi connectivity index (χ3n) is 4.25. The van der Waals surface area contributed by atoms with Gasteiger partial charge in [0.15, 0.2) is 6.20 Å². The molecule has 0 saturated carbocycles. The van der Waals surface area contributed by atoms with Crippen molar-refractivity contribution in [2.45, 2.75) is 30.8 Å². The van der Waals surface area contributed by atoms with E-state index in [1.54, 1.807) is 12.1 Å². The second-order valence-corrected chi connectivity index (χ2v) is 6.75. The lowest BCUT2D eigenvalue weighted by Gasteiger charge is -2.26. The van der Waals surface area contributed by atoms with Gasteiger partial charge in [-0.25, -0.2) is 0 Å². The highest BCUT2D eigenvalue weighted by Gasteiger charge is 2.30. The van der Waals surface area contributed by atoms with Gasteiger partial charge in [0, 0.05) is 18.7 Å². The third-order valence-corrected chi connectivity index (χ3v) is 5.26. The SMILES string of the molecule is Cc1ccccc1[C@@H]1CCCN1C(=O)CSc1cccc[n+]1[O-]. The molecule has 0 spiro atoms. The number of carbonyl (C=O) groups excluding carboxylic acids is 1. The van der Waals surface area contributed by atoms with E-state index >= 15 is 0 Å². The lowest BCUT2D eigenvalue weighted by atomic mass is 9.99. The van der Waals surface area contributed by atoms with Crippen molar-refractivity contribution >= 4 is 17.7 Å². The van der Waals surface area contributed by atoms with Crippen molar-refractivity contribution in [2.75, 3.05) is 12.3 Å². The Hall–Kier alpha value is -2.01. The summed E-state index contributed by atoms with van der Waals surface area (Å²) >= 11 is 1.30. The smallest absolute Gasteiger partial charge is 0.251 e. The maximum absolute atomic E-state index is 12.6. The van der Waals surface area contributed by atoms with Crippen molar-refractivity contribution < 1.29 is 9.52 Å². The summed E-state index contributed by atoms with van der Waals surface area (Å²) in [5.41, 5.74) is 2.47. The summed E-state index contributed by atoms with van der Waals surface area (Å²) in [7, 11) is 0. The van der Waals surface area contributed by atoms with Gasteiger partial charge in [-0.1, -0.05) is 24.3 Å². The molecule has 5 heteroatoms. The zero-order chi connectivity index (χ0) is 16.2. The molecule has 1 saturated heterocycles. The van der Waals surface area contributed by atoms with Crippen LogP contribution < -0.4 is 4.73 Å². The van der Waals surface area contributed by atoms with Crippen LogP contribution in [0, 0.1) is 12.1 Å². The molecule has 0 aliphatic carbocycles. The van der Waals surface area contributed by atoms with E-state index in [2.05, 4.69) is 19.1 Å². The molecule has 120 valence electrons. The van der Waals surface area contributed by atoms with E-state index in [1.807, 2.05) is 23.1 Å². The first-order valence-electron chi connectivity index (χ1n) is 7.83. The number of likely N-dealkylation sites (tertiary alicyclic amines) is 1. The molecule has 3 rings (SSSR count). The van der Waals surface area contributed by atoms with Crippen LogP contribution >= 0.6 is 11.8 Å². The van der Waals surface area contributed by atoms with Crippen LogP contribution in [0.3, 0.4) is 0 Å². The number of hydrogen-bond donors (Lipinski definition) is 0. The van der Waals surface area contributed by atoms with Crippen molar-refractivity contribution in [1.82, 2.24) is 4.90 Å². The van der Waals surface area contributed by atoms with Gasteiger partial charge in [-0.15, -0.1) is 0 Å². The molecule has 2 aromatic rings. The number of rotatable bonds is 4. The summed E-state index contributed by atoms with van der Waals surface area (Å²) in [6.45, 7) is 2.89. The van der Waals surface area contributed by atoms with Crippen LogP contribution in [0.25, 0.3) is 0 Å². The fourth-order valence-corrected chi connectivity index (χ4v) is 3.89. The molecule has 1 aliphatic rings. The first kappa shape index (κ1) is 15.9. The topological polar surface area (TPSA) is 47.2 Å². The molecule has 0 N–H and O–H groups in total. The van der Waals surface area contributed by atoms with E-state index in [-0.39, 0.29) is 11.9 Å². The zero-order valence-corrected chi connectivity index (χ0v) is 14.0. The molecular formula is C18H20N2O2S. The normalized spacial score (nSPS) is 17.4. The summed E-state index contributed by atoms with van der Waals surface area (Å²) < 4.78 is 0.806. The molecule has 0 bridgehead atoms. The molecule has 1 amide bonds. The van der Waals surface area contributed by atoms with E-state index in [1.165, 1.54) is 29.1 Å². The number of aryl methyl sites for hydroxylation is 1. The van der Waals surface area contributed by atoms with Crippen LogP contribution in [0.15, 0.2) is 53.7 Å². The molecule has 23 heavy (non-hydrogen) atoms. The number of hydrogen-bond acceptors (Lipinski definition) is 3. The maximum atomic E-state index is 12.6.